The third-order valence-electron chi connectivity index (χ3n) is 3.30. The highest BCUT2D eigenvalue weighted by atomic mass is 35.5. The first-order chi connectivity index (χ1) is 9.70. The van der Waals surface area contributed by atoms with Gasteiger partial charge in [-0.2, -0.15) is 4.31 Å². The summed E-state index contributed by atoms with van der Waals surface area (Å²) in [4.78, 5) is 0.125. The number of rotatable bonds is 4. The fourth-order valence-electron chi connectivity index (χ4n) is 2.21. The van der Waals surface area contributed by atoms with Crippen LogP contribution >= 0.6 is 35.0 Å². The van der Waals surface area contributed by atoms with E-state index in [1.165, 1.54) is 23.9 Å². The van der Waals surface area contributed by atoms with Gasteiger partial charge in [0.25, 0.3) is 0 Å². The Hall–Kier alpha value is 0.0200. The van der Waals surface area contributed by atoms with Crippen LogP contribution in [-0.2, 0) is 10.0 Å². The maximum Gasteiger partial charge on any atom is 0.246 e. The molecule has 0 aliphatic carbocycles. The predicted molar refractivity (Wildman–Crippen MR) is 87.2 cm³/mol. The highest BCUT2D eigenvalue weighted by molar-refractivity contribution is 8.00. The highest BCUT2D eigenvalue weighted by Gasteiger charge is 2.54. The molecule has 1 N–H and O–H groups in total. The molecule has 21 heavy (non-hydrogen) atoms. The van der Waals surface area contributed by atoms with E-state index in [9.17, 15) is 13.5 Å². The average molecular weight is 370 g/mol. The molecule has 1 aromatic rings. The lowest BCUT2D eigenvalue weighted by Gasteiger charge is -2.27. The van der Waals surface area contributed by atoms with E-state index in [1.54, 1.807) is 12.1 Å². The first kappa shape index (κ1) is 17.4. The number of halogens is 2. The standard InChI is InChI=1S/C13H17Cl2NO3S2/c1-3-20-11-8-13(14,15)12(17)16(11)21(18,19)10-6-4-9(2)5-7-10/h4-7,11-12,17H,3,8H2,1-2H3. The van der Waals surface area contributed by atoms with Crippen LogP contribution in [-0.4, -0.2) is 39.5 Å². The second-order valence-corrected chi connectivity index (χ2v) is 9.74. The van der Waals surface area contributed by atoms with Gasteiger partial charge in [0.2, 0.25) is 10.0 Å². The van der Waals surface area contributed by atoms with E-state index in [2.05, 4.69) is 0 Å². The summed E-state index contributed by atoms with van der Waals surface area (Å²) in [6.07, 6.45) is -1.28. The summed E-state index contributed by atoms with van der Waals surface area (Å²) < 4.78 is 25.1. The van der Waals surface area contributed by atoms with E-state index in [0.717, 1.165) is 9.87 Å². The number of thioether (sulfide) groups is 1. The Kier molecular flexibility index (Phi) is 5.18. The van der Waals surface area contributed by atoms with Crippen LogP contribution in [0.15, 0.2) is 29.2 Å². The summed E-state index contributed by atoms with van der Waals surface area (Å²) in [6, 6.07) is 6.47. The van der Waals surface area contributed by atoms with Gasteiger partial charge in [-0.1, -0.05) is 47.8 Å². The summed E-state index contributed by atoms with van der Waals surface area (Å²) in [5.41, 5.74) is 0.958. The van der Waals surface area contributed by atoms with E-state index < -0.39 is 26.0 Å². The zero-order valence-electron chi connectivity index (χ0n) is 11.7. The topological polar surface area (TPSA) is 57.6 Å². The van der Waals surface area contributed by atoms with Gasteiger partial charge in [-0.3, -0.25) is 0 Å². The first-order valence-corrected chi connectivity index (χ1v) is 9.72. The van der Waals surface area contributed by atoms with Gasteiger partial charge in [0.15, 0.2) is 10.6 Å². The number of sulfonamides is 1. The molecule has 2 rings (SSSR count). The number of alkyl halides is 2. The third kappa shape index (κ3) is 3.35. The van der Waals surface area contributed by atoms with Crippen molar-refractivity contribution in [1.29, 1.82) is 0 Å². The number of benzene rings is 1. The molecule has 1 fully saturated rings. The SMILES string of the molecule is CCSC1CC(Cl)(Cl)C(O)N1S(=O)(=O)c1ccc(C)cc1. The lowest BCUT2D eigenvalue weighted by Crippen LogP contribution is -2.43. The van der Waals surface area contributed by atoms with Crippen molar-refractivity contribution >= 4 is 45.0 Å². The minimum atomic E-state index is -3.85. The molecule has 118 valence electrons. The maximum absolute atomic E-state index is 12.8. The minimum absolute atomic E-state index is 0.125. The molecule has 1 heterocycles. The summed E-state index contributed by atoms with van der Waals surface area (Å²) >= 11 is 13.5. The van der Waals surface area contributed by atoms with Crippen molar-refractivity contribution in [3.63, 3.8) is 0 Å². The molecule has 1 aliphatic heterocycles. The average Bonchev–Trinajstić information content (AvgIpc) is 2.61. The zero-order valence-corrected chi connectivity index (χ0v) is 14.8. The van der Waals surface area contributed by atoms with Crippen LogP contribution in [0, 0.1) is 6.92 Å². The summed E-state index contributed by atoms with van der Waals surface area (Å²) in [5, 5.41) is 9.75. The molecule has 1 aliphatic rings. The van der Waals surface area contributed by atoms with Gasteiger partial charge in [0.1, 0.15) is 0 Å². The Morgan fingerprint density at radius 3 is 2.48 bits per heavy atom. The number of hydrogen-bond donors (Lipinski definition) is 1. The molecule has 4 nitrogen and oxygen atoms in total. The van der Waals surface area contributed by atoms with Gasteiger partial charge < -0.3 is 5.11 Å². The fourth-order valence-corrected chi connectivity index (χ4v) is 6.12. The normalized spacial score (nSPS) is 26.1. The second kappa shape index (κ2) is 6.26. The lowest BCUT2D eigenvalue weighted by molar-refractivity contribution is 0.0850. The fraction of sp³-hybridized carbons (Fsp3) is 0.538. The van der Waals surface area contributed by atoms with Crippen molar-refractivity contribution in [3.8, 4) is 0 Å². The molecule has 0 saturated carbocycles. The molecular weight excluding hydrogens is 353 g/mol. The van der Waals surface area contributed by atoms with E-state index in [1.807, 2.05) is 13.8 Å². The Labute approximate surface area is 139 Å². The van der Waals surface area contributed by atoms with Crippen LogP contribution in [0.3, 0.4) is 0 Å². The number of nitrogens with zero attached hydrogens (tertiary/aromatic N) is 1. The minimum Gasteiger partial charge on any atom is -0.374 e. The molecule has 0 spiro atoms. The Balaban J connectivity index is 2.43. The molecule has 0 radical (unpaired) electrons. The molecule has 1 saturated heterocycles. The number of aliphatic hydroxyl groups excluding tert-OH is 1. The molecule has 2 unspecified atom stereocenters. The molecule has 1 aromatic carbocycles. The second-order valence-electron chi connectivity index (χ2n) is 4.90. The largest absolute Gasteiger partial charge is 0.374 e. The quantitative estimate of drug-likeness (QED) is 0.828. The Morgan fingerprint density at radius 2 is 1.95 bits per heavy atom. The Morgan fingerprint density at radius 1 is 1.38 bits per heavy atom. The molecule has 0 amide bonds. The van der Waals surface area contributed by atoms with Gasteiger partial charge in [0.05, 0.1) is 10.3 Å². The van der Waals surface area contributed by atoms with Crippen LogP contribution < -0.4 is 0 Å². The monoisotopic (exact) mass is 369 g/mol. The van der Waals surface area contributed by atoms with Crippen molar-refractivity contribution in [2.45, 2.75) is 41.1 Å². The van der Waals surface area contributed by atoms with Crippen molar-refractivity contribution in [2.24, 2.45) is 0 Å². The van der Waals surface area contributed by atoms with E-state index in [-0.39, 0.29) is 11.3 Å². The Bertz CT molecular complexity index is 604. The molecule has 2 atom stereocenters. The van der Waals surface area contributed by atoms with Crippen LogP contribution in [0.5, 0.6) is 0 Å². The summed E-state index contributed by atoms with van der Waals surface area (Å²) in [7, 11) is -3.85. The predicted octanol–water partition coefficient (Wildman–Crippen LogP) is 2.96. The van der Waals surface area contributed by atoms with Crippen LogP contribution in [0.4, 0.5) is 0 Å². The van der Waals surface area contributed by atoms with Gasteiger partial charge >= 0.3 is 0 Å². The summed E-state index contributed by atoms with van der Waals surface area (Å²) in [5.74, 6) is 0.696. The smallest absolute Gasteiger partial charge is 0.246 e. The van der Waals surface area contributed by atoms with E-state index in [0.29, 0.717) is 5.75 Å². The highest BCUT2D eigenvalue weighted by Crippen LogP contribution is 2.47. The number of aryl methyl sites for hydroxylation is 1. The van der Waals surface area contributed by atoms with Crippen molar-refractivity contribution in [1.82, 2.24) is 4.31 Å². The maximum atomic E-state index is 12.8. The first-order valence-electron chi connectivity index (χ1n) is 6.48. The molecule has 0 aromatic heterocycles. The molecular formula is C13H17Cl2NO3S2. The number of aliphatic hydroxyl groups is 1. The summed E-state index contributed by atoms with van der Waals surface area (Å²) in [6.45, 7) is 3.79. The molecule has 0 bridgehead atoms. The zero-order chi connectivity index (χ0) is 15.8. The van der Waals surface area contributed by atoms with Crippen molar-refractivity contribution < 1.29 is 13.5 Å². The van der Waals surface area contributed by atoms with Gasteiger partial charge in [-0.05, 0) is 24.8 Å². The molecule has 8 heteroatoms. The van der Waals surface area contributed by atoms with Crippen molar-refractivity contribution in [2.75, 3.05) is 5.75 Å². The van der Waals surface area contributed by atoms with Crippen molar-refractivity contribution in [3.05, 3.63) is 29.8 Å². The number of hydrogen-bond acceptors (Lipinski definition) is 4. The lowest BCUT2D eigenvalue weighted by atomic mass is 10.2. The van der Waals surface area contributed by atoms with Gasteiger partial charge in [-0.15, -0.1) is 11.8 Å². The van der Waals surface area contributed by atoms with E-state index in [4.69, 9.17) is 23.2 Å². The van der Waals surface area contributed by atoms with Gasteiger partial charge in [-0.25, -0.2) is 8.42 Å². The van der Waals surface area contributed by atoms with Gasteiger partial charge in [0, 0.05) is 6.42 Å². The van der Waals surface area contributed by atoms with Crippen LogP contribution in [0.2, 0.25) is 0 Å². The van der Waals surface area contributed by atoms with Crippen LogP contribution in [0.1, 0.15) is 18.9 Å². The van der Waals surface area contributed by atoms with Crippen LogP contribution in [0.25, 0.3) is 0 Å². The van der Waals surface area contributed by atoms with E-state index >= 15 is 0 Å². The third-order valence-corrected chi connectivity index (χ3v) is 7.13.